The molecule has 3 rings (SSSR count). The van der Waals surface area contributed by atoms with E-state index in [0.29, 0.717) is 0 Å². The van der Waals surface area contributed by atoms with Crippen molar-refractivity contribution in [3.63, 3.8) is 0 Å². The number of ether oxygens (including phenoxy) is 3. The van der Waals surface area contributed by atoms with Gasteiger partial charge in [0.1, 0.15) is 22.8 Å². The lowest BCUT2D eigenvalue weighted by Gasteiger charge is -2.30. The largest absolute Gasteiger partial charge is 0.508 e. The Morgan fingerprint density at radius 3 is 2.36 bits per heavy atom. The van der Waals surface area contributed by atoms with Crippen LogP contribution < -0.4 is 14.2 Å². The van der Waals surface area contributed by atoms with Gasteiger partial charge in [-0.1, -0.05) is 0 Å². The summed E-state index contributed by atoms with van der Waals surface area (Å²) in [5.41, 5.74) is 0.0377. The zero-order chi connectivity index (χ0) is 18.3. The Balaban J connectivity index is 2.10. The lowest BCUT2D eigenvalue weighted by atomic mass is 9.92. The van der Waals surface area contributed by atoms with Crippen molar-refractivity contribution in [1.82, 2.24) is 0 Å². The summed E-state index contributed by atoms with van der Waals surface area (Å²) in [6.45, 7) is 0. The number of aromatic hydroxyl groups is 3. The zero-order valence-corrected chi connectivity index (χ0v) is 13.4. The molecule has 0 amide bonds. The molecule has 0 aliphatic carbocycles. The Labute approximate surface area is 142 Å². The summed E-state index contributed by atoms with van der Waals surface area (Å²) in [5, 5.41) is 39.8. The SMILES string of the molecule is COc1cc(C2Oc3cc(O)cc(O)c3C(=O)C2O)cc(O)c1OC. The number of ketones is 1. The van der Waals surface area contributed by atoms with E-state index in [4.69, 9.17) is 14.2 Å². The Kier molecular flexibility index (Phi) is 4.05. The van der Waals surface area contributed by atoms with Crippen molar-refractivity contribution in [3.8, 4) is 34.5 Å². The predicted molar refractivity (Wildman–Crippen MR) is 84.7 cm³/mol. The fraction of sp³-hybridized carbons (Fsp3) is 0.235. The molecule has 8 heteroatoms. The zero-order valence-electron chi connectivity index (χ0n) is 13.4. The van der Waals surface area contributed by atoms with Crippen molar-refractivity contribution < 1.29 is 39.4 Å². The van der Waals surface area contributed by atoms with Crippen LogP contribution in [0.5, 0.6) is 34.5 Å². The molecule has 0 fully saturated rings. The molecule has 0 spiro atoms. The topological polar surface area (TPSA) is 126 Å². The van der Waals surface area contributed by atoms with Gasteiger partial charge in [-0.15, -0.1) is 0 Å². The van der Waals surface area contributed by atoms with Crippen molar-refractivity contribution in [2.24, 2.45) is 0 Å². The first-order valence-corrected chi connectivity index (χ1v) is 7.27. The number of methoxy groups -OCH3 is 2. The molecule has 2 unspecified atom stereocenters. The van der Waals surface area contributed by atoms with E-state index in [9.17, 15) is 25.2 Å². The fourth-order valence-corrected chi connectivity index (χ4v) is 2.79. The van der Waals surface area contributed by atoms with Gasteiger partial charge in [0, 0.05) is 17.7 Å². The number of aliphatic hydroxyl groups is 1. The molecule has 0 bridgehead atoms. The minimum Gasteiger partial charge on any atom is -0.508 e. The molecule has 0 saturated carbocycles. The average molecular weight is 348 g/mol. The lowest BCUT2D eigenvalue weighted by molar-refractivity contribution is 0.0209. The fourth-order valence-electron chi connectivity index (χ4n) is 2.79. The quantitative estimate of drug-likeness (QED) is 0.657. The van der Waals surface area contributed by atoms with Gasteiger partial charge >= 0.3 is 0 Å². The third-order valence-corrected chi connectivity index (χ3v) is 3.93. The highest BCUT2D eigenvalue weighted by Crippen LogP contribution is 2.45. The number of aliphatic hydroxyl groups excluding tert-OH is 1. The van der Waals surface area contributed by atoms with Crippen LogP contribution in [0.2, 0.25) is 0 Å². The van der Waals surface area contributed by atoms with Crippen molar-refractivity contribution in [2.45, 2.75) is 12.2 Å². The van der Waals surface area contributed by atoms with Gasteiger partial charge in [0.2, 0.25) is 11.5 Å². The van der Waals surface area contributed by atoms with E-state index in [1.165, 1.54) is 26.4 Å². The molecule has 25 heavy (non-hydrogen) atoms. The van der Waals surface area contributed by atoms with E-state index in [1.807, 2.05) is 0 Å². The second-order valence-corrected chi connectivity index (χ2v) is 5.46. The van der Waals surface area contributed by atoms with Crippen LogP contribution in [0.4, 0.5) is 0 Å². The number of phenols is 3. The summed E-state index contributed by atoms with van der Waals surface area (Å²) in [4.78, 5) is 12.4. The Bertz CT molecular complexity index is 845. The molecule has 132 valence electrons. The first-order chi connectivity index (χ1) is 11.9. The molecule has 1 aliphatic heterocycles. The number of benzene rings is 2. The lowest BCUT2D eigenvalue weighted by Crippen LogP contribution is -2.36. The molecule has 8 nitrogen and oxygen atoms in total. The summed E-state index contributed by atoms with van der Waals surface area (Å²) in [7, 11) is 2.73. The molecule has 0 saturated heterocycles. The predicted octanol–water partition coefficient (Wildman–Crippen LogP) is 1.50. The molecular formula is C17H16O8. The highest BCUT2D eigenvalue weighted by molar-refractivity contribution is 6.05. The minimum atomic E-state index is -1.62. The number of Topliss-reactive ketones (excluding diaryl/α,β-unsaturated/α-hetero) is 1. The average Bonchev–Trinajstić information content (AvgIpc) is 2.56. The molecule has 4 N–H and O–H groups in total. The van der Waals surface area contributed by atoms with E-state index >= 15 is 0 Å². The van der Waals surface area contributed by atoms with Crippen molar-refractivity contribution in [3.05, 3.63) is 35.4 Å². The van der Waals surface area contributed by atoms with Crippen LogP contribution in [0.25, 0.3) is 0 Å². The van der Waals surface area contributed by atoms with Crippen LogP contribution >= 0.6 is 0 Å². The van der Waals surface area contributed by atoms with E-state index in [0.717, 1.165) is 12.1 Å². The van der Waals surface area contributed by atoms with Gasteiger partial charge in [-0.3, -0.25) is 4.79 Å². The Morgan fingerprint density at radius 2 is 1.72 bits per heavy atom. The van der Waals surface area contributed by atoms with Gasteiger partial charge in [0.25, 0.3) is 0 Å². The first-order valence-electron chi connectivity index (χ1n) is 7.27. The van der Waals surface area contributed by atoms with Gasteiger partial charge in [-0.2, -0.15) is 0 Å². The maximum absolute atomic E-state index is 12.4. The molecular weight excluding hydrogens is 332 g/mol. The molecule has 1 heterocycles. The van der Waals surface area contributed by atoms with Crippen LogP contribution in [-0.4, -0.2) is 46.5 Å². The second kappa shape index (κ2) is 6.06. The number of hydrogen-bond acceptors (Lipinski definition) is 8. The summed E-state index contributed by atoms with van der Waals surface area (Å²) < 4.78 is 15.8. The van der Waals surface area contributed by atoms with Crippen LogP contribution in [0, 0.1) is 0 Å². The smallest absolute Gasteiger partial charge is 0.203 e. The summed E-state index contributed by atoms with van der Waals surface area (Å²) in [5.74, 6) is -1.61. The van der Waals surface area contributed by atoms with Gasteiger partial charge in [-0.25, -0.2) is 0 Å². The number of hydrogen-bond donors (Lipinski definition) is 4. The molecule has 2 atom stereocenters. The normalized spacial score (nSPS) is 19.1. The number of carbonyl (C=O) groups is 1. The Morgan fingerprint density at radius 1 is 1.00 bits per heavy atom. The van der Waals surface area contributed by atoms with Crippen LogP contribution in [0.1, 0.15) is 22.0 Å². The Hall–Kier alpha value is -3.13. The van der Waals surface area contributed by atoms with Gasteiger partial charge in [-0.05, 0) is 12.1 Å². The summed E-state index contributed by atoms with van der Waals surface area (Å²) >= 11 is 0. The number of fused-ring (bicyclic) bond motifs is 1. The maximum Gasteiger partial charge on any atom is 0.203 e. The second-order valence-electron chi connectivity index (χ2n) is 5.46. The van der Waals surface area contributed by atoms with Gasteiger partial charge in [0.15, 0.2) is 23.7 Å². The van der Waals surface area contributed by atoms with Gasteiger partial charge in [0.05, 0.1) is 14.2 Å². The number of rotatable bonds is 3. The summed E-state index contributed by atoms with van der Waals surface area (Å²) in [6, 6.07) is 4.87. The highest BCUT2D eigenvalue weighted by atomic mass is 16.5. The first kappa shape index (κ1) is 16.7. The number of carbonyl (C=O) groups excluding carboxylic acids is 1. The molecule has 0 radical (unpaired) electrons. The van der Waals surface area contributed by atoms with E-state index in [-0.39, 0.29) is 39.9 Å². The number of phenolic OH excluding ortho intramolecular Hbond substituents is 3. The maximum atomic E-state index is 12.4. The van der Waals surface area contributed by atoms with Crippen molar-refractivity contribution in [1.29, 1.82) is 0 Å². The molecule has 1 aliphatic rings. The monoisotopic (exact) mass is 348 g/mol. The molecule has 2 aromatic carbocycles. The minimum absolute atomic E-state index is 0.0768. The molecule has 0 aromatic heterocycles. The van der Waals surface area contributed by atoms with Gasteiger partial charge < -0.3 is 34.6 Å². The molecule has 2 aromatic rings. The van der Waals surface area contributed by atoms with Crippen LogP contribution in [0.3, 0.4) is 0 Å². The van der Waals surface area contributed by atoms with Crippen LogP contribution in [0.15, 0.2) is 24.3 Å². The van der Waals surface area contributed by atoms with Crippen molar-refractivity contribution in [2.75, 3.05) is 14.2 Å². The summed E-state index contributed by atoms with van der Waals surface area (Å²) in [6.07, 6.45) is -2.80. The van der Waals surface area contributed by atoms with Crippen molar-refractivity contribution >= 4 is 5.78 Å². The standard InChI is InChI=1S/C17H16O8/c1-23-12-4-7(3-10(20)17(12)24-2)16-15(22)14(21)13-9(19)5-8(18)6-11(13)25-16/h3-6,15-16,18-20,22H,1-2H3. The van der Waals surface area contributed by atoms with E-state index in [1.54, 1.807) is 0 Å². The highest BCUT2D eigenvalue weighted by Gasteiger charge is 2.39. The third-order valence-electron chi connectivity index (χ3n) is 3.93. The van der Waals surface area contributed by atoms with E-state index < -0.39 is 23.7 Å². The third kappa shape index (κ3) is 2.66. The van der Waals surface area contributed by atoms with E-state index in [2.05, 4.69) is 0 Å². The van der Waals surface area contributed by atoms with Crippen LogP contribution in [-0.2, 0) is 0 Å².